The van der Waals surface area contributed by atoms with Gasteiger partial charge in [-0.15, -0.1) is 0 Å². The van der Waals surface area contributed by atoms with Crippen LogP contribution in [0.25, 0.3) is 0 Å². The second-order valence-corrected chi connectivity index (χ2v) is 5.09. The molecule has 0 radical (unpaired) electrons. The minimum absolute atomic E-state index is 0.0183. The molecule has 0 aromatic heterocycles. The SMILES string of the molecule is CCCCCC(=O)OCCOC(=O)C(CC)CCCC. The molecule has 20 heavy (non-hydrogen) atoms. The van der Waals surface area contributed by atoms with Crippen molar-refractivity contribution in [2.45, 2.75) is 72.1 Å². The fraction of sp³-hybridized carbons (Fsp3) is 0.875. The Morgan fingerprint density at radius 2 is 1.55 bits per heavy atom. The van der Waals surface area contributed by atoms with E-state index in [9.17, 15) is 9.59 Å². The Balaban J connectivity index is 3.66. The average Bonchev–Trinajstić information content (AvgIpc) is 2.44. The fourth-order valence-corrected chi connectivity index (χ4v) is 1.95. The summed E-state index contributed by atoms with van der Waals surface area (Å²) in [5.74, 6) is -0.384. The number of hydrogen-bond acceptors (Lipinski definition) is 4. The predicted octanol–water partition coefficient (Wildman–Crippen LogP) is 3.87. The van der Waals surface area contributed by atoms with Crippen LogP contribution in [0.3, 0.4) is 0 Å². The number of carbonyl (C=O) groups is 2. The fourth-order valence-electron chi connectivity index (χ4n) is 1.95. The highest BCUT2D eigenvalue weighted by atomic mass is 16.6. The zero-order valence-corrected chi connectivity index (χ0v) is 13.3. The van der Waals surface area contributed by atoms with E-state index in [4.69, 9.17) is 9.47 Å². The van der Waals surface area contributed by atoms with Gasteiger partial charge in [0.1, 0.15) is 13.2 Å². The van der Waals surface area contributed by atoms with Crippen LogP contribution in [-0.2, 0) is 19.1 Å². The third-order valence-corrected chi connectivity index (χ3v) is 3.31. The number of unbranched alkanes of at least 4 members (excludes halogenated alkanes) is 3. The van der Waals surface area contributed by atoms with Gasteiger partial charge in [0.05, 0.1) is 5.92 Å². The molecule has 0 rings (SSSR count). The van der Waals surface area contributed by atoms with Gasteiger partial charge >= 0.3 is 11.9 Å². The monoisotopic (exact) mass is 286 g/mol. The van der Waals surface area contributed by atoms with E-state index in [-0.39, 0.29) is 31.1 Å². The molecular weight excluding hydrogens is 256 g/mol. The maximum atomic E-state index is 11.8. The minimum atomic E-state index is -0.201. The predicted molar refractivity (Wildman–Crippen MR) is 79.4 cm³/mol. The smallest absolute Gasteiger partial charge is 0.309 e. The van der Waals surface area contributed by atoms with Crippen molar-refractivity contribution in [1.29, 1.82) is 0 Å². The summed E-state index contributed by atoms with van der Waals surface area (Å²) < 4.78 is 10.2. The number of esters is 2. The maximum Gasteiger partial charge on any atom is 0.309 e. The normalized spacial score (nSPS) is 11.9. The van der Waals surface area contributed by atoms with Crippen LogP contribution < -0.4 is 0 Å². The first-order valence-corrected chi connectivity index (χ1v) is 7.97. The molecule has 0 aliphatic heterocycles. The van der Waals surface area contributed by atoms with Crippen molar-refractivity contribution < 1.29 is 19.1 Å². The Hall–Kier alpha value is -1.06. The molecule has 4 nitrogen and oxygen atoms in total. The first-order chi connectivity index (χ1) is 9.65. The molecule has 0 saturated carbocycles. The van der Waals surface area contributed by atoms with Crippen LogP contribution in [0.15, 0.2) is 0 Å². The molecule has 0 aromatic rings. The van der Waals surface area contributed by atoms with Gasteiger partial charge in [-0.2, -0.15) is 0 Å². The molecule has 0 heterocycles. The molecule has 0 fully saturated rings. The van der Waals surface area contributed by atoms with Gasteiger partial charge in [-0.1, -0.05) is 46.5 Å². The Labute approximate surface area is 123 Å². The van der Waals surface area contributed by atoms with Crippen LogP contribution in [-0.4, -0.2) is 25.2 Å². The van der Waals surface area contributed by atoms with Crippen molar-refractivity contribution in [2.24, 2.45) is 5.92 Å². The van der Waals surface area contributed by atoms with Crippen molar-refractivity contribution in [3.63, 3.8) is 0 Å². The van der Waals surface area contributed by atoms with Crippen LogP contribution in [0, 0.1) is 5.92 Å². The zero-order chi connectivity index (χ0) is 15.2. The lowest BCUT2D eigenvalue weighted by atomic mass is 10.00. The summed E-state index contributed by atoms with van der Waals surface area (Å²) in [4.78, 5) is 23.1. The molecule has 0 N–H and O–H groups in total. The van der Waals surface area contributed by atoms with E-state index in [2.05, 4.69) is 13.8 Å². The van der Waals surface area contributed by atoms with Gasteiger partial charge in [0.25, 0.3) is 0 Å². The summed E-state index contributed by atoms with van der Waals surface area (Å²) in [6.45, 7) is 6.53. The van der Waals surface area contributed by atoms with Crippen LogP contribution in [0.4, 0.5) is 0 Å². The highest BCUT2D eigenvalue weighted by molar-refractivity contribution is 5.72. The quantitative estimate of drug-likeness (QED) is 0.404. The summed E-state index contributed by atoms with van der Waals surface area (Å²) in [5.41, 5.74) is 0. The van der Waals surface area contributed by atoms with Crippen molar-refractivity contribution >= 4 is 11.9 Å². The summed E-state index contributed by atoms with van der Waals surface area (Å²) in [6, 6.07) is 0. The molecule has 0 aliphatic rings. The maximum absolute atomic E-state index is 11.8. The van der Waals surface area contributed by atoms with Gasteiger partial charge < -0.3 is 9.47 Å². The van der Waals surface area contributed by atoms with E-state index in [1.54, 1.807) is 0 Å². The van der Waals surface area contributed by atoms with E-state index in [0.717, 1.165) is 44.9 Å². The number of rotatable bonds is 12. The van der Waals surface area contributed by atoms with Crippen LogP contribution in [0.2, 0.25) is 0 Å². The number of hydrogen-bond donors (Lipinski definition) is 0. The minimum Gasteiger partial charge on any atom is -0.462 e. The van der Waals surface area contributed by atoms with Crippen molar-refractivity contribution in [3.8, 4) is 0 Å². The van der Waals surface area contributed by atoms with E-state index in [1.807, 2.05) is 6.92 Å². The zero-order valence-electron chi connectivity index (χ0n) is 13.3. The standard InChI is InChI=1S/C16H30O4/c1-4-7-9-11-15(17)19-12-13-20-16(18)14(6-3)10-8-5-2/h14H,4-13H2,1-3H3. The van der Waals surface area contributed by atoms with Crippen molar-refractivity contribution in [1.82, 2.24) is 0 Å². The molecule has 1 unspecified atom stereocenters. The average molecular weight is 286 g/mol. The Kier molecular flexibility index (Phi) is 12.3. The van der Waals surface area contributed by atoms with Crippen LogP contribution in [0.1, 0.15) is 72.1 Å². The first kappa shape index (κ1) is 18.9. The third-order valence-electron chi connectivity index (χ3n) is 3.31. The second kappa shape index (κ2) is 12.9. The largest absolute Gasteiger partial charge is 0.462 e. The van der Waals surface area contributed by atoms with E-state index < -0.39 is 0 Å². The van der Waals surface area contributed by atoms with Gasteiger partial charge in [-0.05, 0) is 19.3 Å². The van der Waals surface area contributed by atoms with Gasteiger partial charge in [-0.25, -0.2) is 0 Å². The lowest BCUT2D eigenvalue weighted by Gasteiger charge is -2.13. The second-order valence-electron chi connectivity index (χ2n) is 5.09. The highest BCUT2D eigenvalue weighted by Crippen LogP contribution is 2.14. The lowest BCUT2D eigenvalue weighted by molar-refractivity contribution is -0.155. The topological polar surface area (TPSA) is 52.6 Å². The van der Waals surface area contributed by atoms with E-state index >= 15 is 0 Å². The number of carbonyl (C=O) groups excluding carboxylic acids is 2. The summed E-state index contributed by atoms with van der Waals surface area (Å²) in [5, 5.41) is 0. The highest BCUT2D eigenvalue weighted by Gasteiger charge is 2.17. The van der Waals surface area contributed by atoms with Gasteiger partial charge in [0.2, 0.25) is 0 Å². The van der Waals surface area contributed by atoms with Crippen LogP contribution >= 0.6 is 0 Å². The Bertz CT molecular complexity index is 263. The molecular formula is C16H30O4. The van der Waals surface area contributed by atoms with Crippen molar-refractivity contribution in [3.05, 3.63) is 0 Å². The molecule has 0 aromatic carbocycles. The molecule has 118 valence electrons. The summed E-state index contributed by atoms with van der Waals surface area (Å²) >= 11 is 0. The summed E-state index contributed by atoms with van der Waals surface area (Å²) in [7, 11) is 0. The molecule has 1 atom stereocenters. The molecule has 0 bridgehead atoms. The Morgan fingerprint density at radius 3 is 2.15 bits per heavy atom. The molecule has 0 aliphatic carbocycles. The molecule has 4 heteroatoms. The number of ether oxygens (including phenoxy) is 2. The van der Waals surface area contributed by atoms with E-state index in [0.29, 0.717) is 6.42 Å². The van der Waals surface area contributed by atoms with Gasteiger partial charge in [0, 0.05) is 6.42 Å². The van der Waals surface area contributed by atoms with Crippen molar-refractivity contribution in [2.75, 3.05) is 13.2 Å². The Morgan fingerprint density at radius 1 is 0.900 bits per heavy atom. The molecule has 0 spiro atoms. The third kappa shape index (κ3) is 9.82. The lowest BCUT2D eigenvalue weighted by Crippen LogP contribution is -2.20. The van der Waals surface area contributed by atoms with E-state index in [1.165, 1.54) is 0 Å². The molecule has 0 amide bonds. The first-order valence-electron chi connectivity index (χ1n) is 7.97. The summed E-state index contributed by atoms with van der Waals surface area (Å²) in [6.07, 6.45) is 7.25. The van der Waals surface area contributed by atoms with Gasteiger partial charge in [0.15, 0.2) is 0 Å². The van der Waals surface area contributed by atoms with Gasteiger partial charge in [-0.3, -0.25) is 9.59 Å². The van der Waals surface area contributed by atoms with Crippen LogP contribution in [0.5, 0.6) is 0 Å². The molecule has 0 saturated heterocycles.